The number of nitrogens with one attached hydrogen (secondary N) is 2. The van der Waals surface area contributed by atoms with Crippen LogP contribution in [0.25, 0.3) is 10.9 Å². The predicted octanol–water partition coefficient (Wildman–Crippen LogP) is 4.32. The number of halogens is 1. The van der Waals surface area contributed by atoms with Gasteiger partial charge >= 0.3 is 0 Å². The topological polar surface area (TPSA) is 58.5 Å². The van der Waals surface area contributed by atoms with Crippen molar-refractivity contribution in [2.45, 2.75) is 40.8 Å². The number of carbonyl (C=O) groups excluding carboxylic acids is 1. The number of anilines is 1. The van der Waals surface area contributed by atoms with Crippen LogP contribution in [0.15, 0.2) is 24.3 Å². The van der Waals surface area contributed by atoms with Gasteiger partial charge in [-0.3, -0.25) is 4.79 Å². The van der Waals surface area contributed by atoms with E-state index in [1.807, 2.05) is 30.9 Å². The van der Waals surface area contributed by atoms with Crippen LogP contribution in [0.4, 0.5) is 10.1 Å². The molecule has 0 spiro atoms. The molecule has 0 radical (unpaired) electrons. The van der Waals surface area contributed by atoms with Crippen molar-refractivity contribution in [2.75, 3.05) is 45.2 Å². The number of amides is 1. The first-order valence-electron chi connectivity index (χ1n) is 11.9. The van der Waals surface area contributed by atoms with Gasteiger partial charge in [0.1, 0.15) is 5.82 Å². The van der Waals surface area contributed by atoms with E-state index in [0.717, 1.165) is 58.6 Å². The summed E-state index contributed by atoms with van der Waals surface area (Å²) in [5.74, 6) is -0.160. The van der Waals surface area contributed by atoms with Gasteiger partial charge in [-0.25, -0.2) is 4.39 Å². The van der Waals surface area contributed by atoms with Crippen LogP contribution in [0.5, 0.6) is 0 Å². The van der Waals surface area contributed by atoms with Crippen molar-refractivity contribution >= 4 is 22.5 Å². The highest BCUT2D eigenvalue weighted by molar-refractivity contribution is 6.04. The van der Waals surface area contributed by atoms with Gasteiger partial charge < -0.3 is 24.8 Å². The van der Waals surface area contributed by atoms with E-state index >= 15 is 0 Å². The Bertz CT molecular complexity index is 1190. The van der Waals surface area contributed by atoms with Gasteiger partial charge in [-0.2, -0.15) is 0 Å². The minimum Gasteiger partial charge on any atom is -0.383 e. The number of piperazine rings is 1. The average molecular weight is 467 g/mol. The minimum absolute atomic E-state index is 0.0577. The number of ether oxygens (including phenoxy) is 1. The third kappa shape index (κ3) is 4.68. The number of hydrogen-bond donors (Lipinski definition) is 2. The first kappa shape index (κ1) is 24.2. The van der Waals surface area contributed by atoms with Crippen LogP contribution in [0.3, 0.4) is 0 Å². The highest BCUT2D eigenvalue weighted by Gasteiger charge is 2.22. The Morgan fingerprint density at radius 2 is 1.76 bits per heavy atom. The molecule has 1 aromatic heterocycles. The van der Waals surface area contributed by atoms with Gasteiger partial charge in [0.15, 0.2) is 0 Å². The van der Waals surface area contributed by atoms with Crippen molar-refractivity contribution in [3.8, 4) is 0 Å². The van der Waals surface area contributed by atoms with Crippen molar-refractivity contribution < 1.29 is 13.9 Å². The Balaban J connectivity index is 1.79. The lowest BCUT2D eigenvalue weighted by Gasteiger charge is -2.27. The van der Waals surface area contributed by atoms with Gasteiger partial charge in [0.2, 0.25) is 0 Å². The third-order valence-electron chi connectivity index (χ3n) is 7.02. The number of nitrogens with zero attached hydrogens (tertiary/aromatic N) is 2. The molecule has 34 heavy (non-hydrogen) atoms. The molecule has 2 heterocycles. The van der Waals surface area contributed by atoms with Crippen molar-refractivity contribution in [1.82, 2.24) is 14.8 Å². The quantitative estimate of drug-likeness (QED) is 0.545. The second kappa shape index (κ2) is 10.2. The third-order valence-corrected chi connectivity index (χ3v) is 7.02. The molecule has 2 N–H and O–H groups in total. The van der Waals surface area contributed by atoms with Gasteiger partial charge in [-0.05, 0) is 74.2 Å². The molecule has 0 bridgehead atoms. The molecule has 0 saturated carbocycles. The Kier molecular flexibility index (Phi) is 7.24. The normalized spacial score (nSPS) is 14.1. The summed E-state index contributed by atoms with van der Waals surface area (Å²) in [6.07, 6.45) is 0. The SMILES string of the molecule is COCCn1c(C)c(C)c2cc(C(=O)N3CCNCC3)cc(NCc3c(C)cc(F)cc3C)c21. The number of benzene rings is 2. The zero-order valence-corrected chi connectivity index (χ0v) is 20.8. The first-order chi connectivity index (χ1) is 16.3. The van der Waals surface area contributed by atoms with E-state index in [1.54, 1.807) is 19.2 Å². The van der Waals surface area contributed by atoms with Crippen LogP contribution in [0.2, 0.25) is 0 Å². The van der Waals surface area contributed by atoms with Gasteiger partial charge in [-0.15, -0.1) is 0 Å². The number of methoxy groups -OCH3 is 1. The van der Waals surface area contributed by atoms with E-state index in [9.17, 15) is 9.18 Å². The molecule has 2 aromatic carbocycles. The molecule has 1 aliphatic rings. The predicted molar refractivity (Wildman–Crippen MR) is 135 cm³/mol. The van der Waals surface area contributed by atoms with Crippen LogP contribution >= 0.6 is 0 Å². The standard InChI is InChI=1S/C27H35FN4O2/c1-17-12-22(28)13-18(2)24(17)16-30-25-15-21(27(33)31-8-6-29-7-9-31)14-23-19(3)20(4)32(26(23)25)10-11-34-5/h12-15,29-30H,6-11,16H2,1-5H3. The Morgan fingerprint density at radius 3 is 2.41 bits per heavy atom. The fraction of sp³-hybridized carbons (Fsp3) is 0.444. The van der Waals surface area contributed by atoms with E-state index in [-0.39, 0.29) is 11.7 Å². The summed E-state index contributed by atoms with van der Waals surface area (Å²) >= 11 is 0. The molecule has 3 aromatic rings. The molecule has 0 atom stereocenters. The number of aryl methyl sites for hydroxylation is 3. The monoisotopic (exact) mass is 466 g/mol. The van der Waals surface area contributed by atoms with Crippen LogP contribution in [0.1, 0.15) is 38.3 Å². The summed E-state index contributed by atoms with van der Waals surface area (Å²) in [5.41, 5.74) is 7.89. The summed E-state index contributed by atoms with van der Waals surface area (Å²) in [6, 6.07) is 7.15. The summed E-state index contributed by atoms with van der Waals surface area (Å²) in [7, 11) is 1.71. The number of carbonyl (C=O) groups is 1. The molecule has 7 heteroatoms. The van der Waals surface area contributed by atoms with Gasteiger partial charge in [0.25, 0.3) is 5.91 Å². The number of aromatic nitrogens is 1. The zero-order chi connectivity index (χ0) is 24.4. The van der Waals surface area contributed by atoms with E-state index in [1.165, 1.54) is 5.56 Å². The maximum absolute atomic E-state index is 13.8. The highest BCUT2D eigenvalue weighted by atomic mass is 19.1. The van der Waals surface area contributed by atoms with Crippen LogP contribution in [-0.2, 0) is 17.8 Å². The highest BCUT2D eigenvalue weighted by Crippen LogP contribution is 2.34. The molecule has 6 nitrogen and oxygen atoms in total. The van der Waals surface area contributed by atoms with Gasteiger partial charge in [0, 0.05) is 63.0 Å². The second-order valence-electron chi connectivity index (χ2n) is 9.19. The van der Waals surface area contributed by atoms with Crippen molar-refractivity contribution in [3.05, 3.63) is 63.6 Å². The molecule has 1 saturated heterocycles. The molecular weight excluding hydrogens is 431 g/mol. The van der Waals surface area contributed by atoms with Crippen molar-refractivity contribution in [3.63, 3.8) is 0 Å². The van der Waals surface area contributed by atoms with Crippen LogP contribution in [-0.4, -0.2) is 55.3 Å². The molecule has 4 rings (SSSR count). The smallest absolute Gasteiger partial charge is 0.254 e. The van der Waals surface area contributed by atoms with Crippen LogP contribution < -0.4 is 10.6 Å². The van der Waals surface area contributed by atoms with Crippen molar-refractivity contribution in [2.24, 2.45) is 0 Å². The van der Waals surface area contributed by atoms with Gasteiger partial charge in [-0.1, -0.05) is 0 Å². The van der Waals surface area contributed by atoms with E-state index in [4.69, 9.17) is 4.74 Å². The fourth-order valence-electron chi connectivity index (χ4n) is 4.95. The Morgan fingerprint density at radius 1 is 1.09 bits per heavy atom. The fourth-order valence-corrected chi connectivity index (χ4v) is 4.95. The minimum atomic E-state index is -0.218. The molecule has 0 unspecified atom stereocenters. The maximum Gasteiger partial charge on any atom is 0.254 e. The lowest BCUT2D eigenvalue weighted by molar-refractivity contribution is 0.0736. The molecule has 182 valence electrons. The molecule has 0 aliphatic carbocycles. The summed E-state index contributed by atoms with van der Waals surface area (Å²) in [4.78, 5) is 15.3. The summed E-state index contributed by atoms with van der Waals surface area (Å²) in [5, 5.41) is 7.97. The first-order valence-corrected chi connectivity index (χ1v) is 11.9. The Hall–Kier alpha value is -2.90. The van der Waals surface area contributed by atoms with Crippen LogP contribution in [0, 0.1) is 33.5 Å². The van der Waals surface area contributed by atoms with E-state index < -0.39 is 0 Å². The number of fused-ring (bicyclic) bond motifs is 1. The van der Waals surface area contributed by atoms with E-state index in [2.05, 4.69) is 29.0 Å². The van der Waals surface area contributed by atoms with E-state index in [0.29, 0.717) is 31.8 Å². The maximum atomic E-state index is 13.8. The molecular formula is C27H35FN4O2. The number of rotatable bonds is 7. The largest absolute Gasteiger partial charge is 0.383 e. The lowest BCUT2D eigenvalue weighted by Crippen LogP contribution is -2.46. The summed E-state index contributed by atoms with van der Waals surface area (Å²) in [6.45, 7) is 13.0. The Labute approximate surface area is 201 Å². The second-order valence-corrected chi connectivity index (χ2v) is 9.19. The van der Waals surface area contributed by atoms with Crippen molar-refractivity contribution in [1.29, 1.82) is 0 Å². The molecule has 1 amide bonds. The number of hydrogen-bond acceptors (Lipinski definition) is 4. The average Bonchev–Trinajstić information content (AvgIpc) is 3.06. The lowest BCUT2D eigenvalue weighted by atomic mass is 10.0. The summed E-state index contributed by atoms with van der Waals surface area (Å²) < 4.78 is 21.5. The molecule has 1 fully saturated rings. The van der Waals surface area contributed by atoms with Gasteiger partial charge in [0.05, 0.1) is 17.8 Å². The molecule has 1 aliphatic heterocycles. The zero-order valence-electron chi connectivity index (χ0n) is 20.8.